The first-order valence-corrected chi connectivity index (χ1v) is 5.51. The number of carbonyl (C=O) groups is 2. The zero-order chi connectivity index (χ0) is 14.1. The molecule has 1 aromatic carbocycles. The van der Waals surface area contributed by atoms with E-state index in [1.807, 2.05) is 30.3 Å². The number of carbonyl (C=O) groups excluding carboxylic acids is 1. The van der Waals surface area contributed by atoms with Crippen LogP contribution in [-0.2, 0) is 16.1 Å². The number of benzene rings is 1. The first kappa shape index (κ1) is 14.3. The van der Waals surface area contributed by atoms with E-state index >= 15 is 0 Å². The lowest BCUT2D eigenvalue weighted by Crippen LogP contribution is -2.26. The van der Waals surface area contributed by atoms with Gasteiger partial charge in [0.1, 0.15) is 18.2 Å². The SMILES string of the molecule is N#CC(=CNCC(=O)O)C(=O)NCc1ccccc1. The van der Waals surface area contributed by atoms with Crippen LogP contribution in [0.1, 0.15) is 5.56 Å². The van der Waals surface area contributed by atoms with Gasteiger partial charge in [-0.1, -0.05) is 30.3 Å². The zero-order valence-electron chi connectivity index (χ0n) is 10.1. The second kappa shape index (κ2) is 7.50. The van der Waals surface area contributed by atoms with Gasteiger partial charge in [0.05, 0.1) is 0 Å². The maximum absolute atomic E-state index is 11.6. The van der Waals surface area contributed by atoms with Crippen molar-refractivity contribution < 1.29 is 14.7 Å². The van der Waals surface area contributed by atoms with E-state index in [1.165, 1.54) is 0 Å². The molecule has 0 aliphatic heterocycles. The molecule has 0 unspecified atom stereocenters. The normalized spacial score (nSPS) is 10.4. The minimum absolute atomic E-state index is 0.169. The summed E-state index contributed by atoms with van der Waals surface area (Å²) in [5, 5.41) is 22.1. The molecule has 19 heavy (non-hydrogen) atoms. The maximum atomic E-state index is 11.6. The zero-order valence-corrected chi connectivity index (χ0v) is 10.1. The predicted molar refractivity (Wildman–Crippen MR) is 67.6 cm³/mol. The van der Waals surface area contributed by atoms with Crippen LogP contribution in [0.4, 0.5) is 0 Å². The summed E-state index contributed by atoms with van der Waals surface area (Å²) >= 11 is 0. The number of carboxylic acids is 1. The fraction of sp³-hybridized carbons (Fsp3) is 0.154. The molecule has 0 fully saturated rings. The predicted octanol–water partition coefficient (Wildman–Crippen LogP) is 0.384. The highest BCUT2D eigenvalue weighted by molar-refractivity contribution is 5.97. The van der Waals surface area contributed by atoms with E-state index < -0.39 is 11.9 Å². The van der Waals surface area contributed by atoms with Gasteiger partial charge in [-0.15, -0.1) is 0 Å². The van der Waals surface area contributed by atoms with Crippen LogP contribution >= 0.6 is 0 Å². The molecule has 1 rings (SSSR count). The van der Waals surface area contributed by atoms with Gasteiger partial charge in [0.25, 0.3) is 5.91 Å². The Bertz CT molecular complexity index is 518. The molecule has 0 aliphatic carbocycles. The van der Waals surface area contributed by atoms with Crippen LogP contribution < -0.4 is 10.6 Å². The van der Waals surface area contributed by atoms with Crippen LogP contribution in [0, 0.1) is 11.3 Å². The van der Waals surface area contributed by atoms with Crippen molar-refractivity contribution in [1.29, 1.82) is 5.26 Å². The quantitative estimate of drug-likeness (QED) is 0.506. The van der Waals surface area contributed by atoms with Gasteiger partial charge in [0.15, 0.2) is 0 Å². The number of hydrogen-bond donors (Lipinski definition) is 3. The number of amides is 1. The largest absolute Gasteiger partial charge is 0.480 e. The Labute approximate surface area is 110 Å². The van der Waals surface area contributed by atoms with Gasteiger partial charge < -0.3 is 15.7 Å². The molecule has 0 aliphatic rings. The summed E-state index contributed by atoms with van der Waals surface area (Å²) in [6.07, 6.45) is 1.09. The van der Waals surface area contributed by atoms with Crippen molar-refractivity contribution in [2.75, 3.05) is 6.54 Å². The van der Waals surface area contributed by atoms with Crippen LogP contribution in [0.25, 0.3) is 0 Å². The number of carboxylic acid groups (broad SMARTS) is 1. The van der Waals surface area contributed by atoms with Gasteiger partial charge >= 0.3 is 5.97 Å². The summed E-state index contributed by atoms with van der Waals surface area (Å²) in [5.74, 6) is -1.62. The summed E-state index contributed by atoms with van der Waals surface area (Å²) in [6, 6.07) is 10.9. The van der Waals surface area contributed by atoms with Gasteiger partial charge in [0, 0.05) is 12.7 Å². The monoisotopic (exact) mass is 259 g/mol. The molecule has 0 bridgehead atoms. The van der Waals surface area contributed by atoms with Gasteiger partial charge in [-0.2, -0.15) is 5.26 Å². The van der Waals surface area contributed by atoms with E-state index in [0.29, 0.717) is 6.54 Å². The number of nitrogens with one attached hydrogen (secondary N) is 2. The van der Waals surface area contributed by atoms with Crippen molar-refractivity contribution >= 4 is 11.9 Å². The molecule has 0 spiro atoms. The highest BCUT2D eigenvalue weighted by Gasteiger charge is 2.08. The topological polar surface area (TPSA) is 102 Å². The van der Waals surface area contributed by atoms with Gasteiger partial charge in [-0.3, -0.25) is 9.59 Å². The Hall–Kier alpha value is -2.81. The number of nitrogens with zero attached hydrogens (tertiary/aromatic N) is 1. The first-order valence-electron chi connectivity index (χ1n) is 5.51. The molecular weight excluding hydrogens is 246 g/mol. The summed E-state index contributed by atoms with van der Waals surface area (Å²) < 4.78 is 0. The van der Waals surface area contributed by atoms with E-state index in [0.717, 1.165) is 11.8 Å². The smallest absolute Gasteiger partial charge is 0.322 e. The van der Waals surface area contributed by atoms with Crippen LogP contribution in [0.2, 0.25) is 0 Å². The highest BCUT2D eigenvalue weighted by Crippen LogP contribution is 1.98. The van der Waals surface area contributed by atoms with E-state index in [-0.39, 0.29) is 12.1 Å². The molecule has 0 heterocycles. The van der Waals surface area contributed by atoms with Crippen molar-refractivity contribution in [3.63, 3.8) is 0 Å². The molecule has 0 radical (unpaired) electrons. The fourth-order valence-electron chi connectivity index (χ4n) is 1.26. The standard InChI is InChI=1S/C13H13N3O3/c14-6-11(8-15-9-12(17)18)13(19)16-7-10-4-2-1-3-5-10/h1-5,8,15H,7,9H2,(H,16,19)(H,17,18). The van der Waals surface area contributed by atoms with Crippen molar-refractivity contribution in [3.05, 3.63) is 47.7 Å². The third-order valence-electron chi connectivity index (χ3n) is 2.16. The van der Waals surface area contributed by atoms with Crippen LogP contribution in [0.5, 0.6) is 0 Å². The van der Waals surface area contributed by atoms with Crippen molar-refractivity contribution in [2.24, 2.45) is 0 Å². The third kappa shape index (κ3) is 5.37. The van der Waals surface area contributed by atoms with Gasteiger partial charge in [-0.05, 0) is 5.56 Å². The van der Waals surface area contributed by atoms with Crippen LogP contribution in [0.3, 0.4) is 0 Å². The van der Waals surface area contributed by atoms with Crippen molar-refractivity contribution in [3.8, 4) is 6.07 Å². The van der Waals surface area contributed by atoms with Crippen LogP contribution in [0.15, 0.2) is 42.1 Å². The van der Waals surface area contributed by atoms with E-state index in [1.54, 1.807) is 6.07 Å². The molecule has 0 saturated carbocycles. The molecule has 6 nitrogen and oxygen atoms in total. The highest BCUT2D eigenvalue weighted by atomic mass is 16.4. The van der Waals surface area contributed by atoms with Crippen molar-refractivity contribution in [2.45, 2.75) is 6.54 Å². The summed E-state index contributed by atoms with van der Waals surface area (Å²) in [4.78, 5) is 21.9. The summed E-state index contributed by atoms with van der Waals surface area (Å²) in [5.41, 5.74) is 0.740. The Morgan fingerprint density at radius 1 is 1.32 bits per heavy atom. The number of hydrogen-bond acceptors (Lipinski definition) is 4. The van der Waals surface area contributed by atoms with Crippen molar-refractivity contribution in [1.82, 2.24) is 10.6 Å². The Morgan fingerprint density at radius 3 is 2.58 bits per heavy atom. The molecule has 6 heteroatoms. The Balaban J connectivity index is 2.51. The fourth-order valence-corrected chi connectivity index (χ4v) is 1.26. The van der Waals surface area contributed by atoms with E-state index in [2.05, 4.69) is 10.6 Å². The molecule has 0 saturated heterocycles. The first-order chi connectivity index (χ1) is 9.13. The number of aliphatic carboxylic acids is 1. The second-order valence-electron chi connectivity index (χ2n) is 3.61. The van der Waals surface area contributed by atoms with Gasteiger partial charge in [-0.25, -0.2) is 0 Å². The number of rotatable bonds is 6. The molecule has 0 aromatic heterocycles. The molecule has 98 valence electrons. The third-order valence-corrected chi connectivity index (χ3v) is 2.16. The van der Waals surface area contributed by atoms with E-state index in [4.69, 9.17) is 10.4 Å². The average Bonchev–Trinajstić information content (AvgIpc) is 2.42. The van der Waals surface area contributed by atoms with E-state index in [9.17, 15) is 9.59 Å². The molecular formula is C13H13N3O3. The van der Waals surface area contributed by atoms with Crippen LogP contribution in [-0.4, -0.2) is 23.5 Å². The Morgan fingerprint density at radius 2 is 2.00 bits per heavy atom. The minimum atomic E-state index is -1.07. The lowest BCUT2D eigenvalue weighted by molar-refractivity contribution is -0.135. The molecule has 0 atom stereocenters. The lowest BCUT2D eigenvalue weighted by Gasteiger charge is -2.04. The second-order valence-corrected chi connectivity index (χ2v) is 3.61. The number of nitriles is 1. The molecule has 3 N–H and O–H groups in total. The molecule has 1 amide bonds. The summed E-state index contributed by atoms with van der Waals surface area (Å²) in [7, 11) is 0. The molecule has 1 aromatic rings. The maximum Gasteiger partial charge on any atom is 0.322 e. The minimum Gasteiger partial charge on any atom is -0.480 e. The average molecular weight is 259 g/mol. The summed E-state index contributed by atoms with van der Waals surface area (Å²) in [6.45, 7) is -0.0469. The Kier molecular flexibility index (Phi) is 5.63. The van der Waals surface area contributed by atoms with Gasteiger partial charge in [0.2, 0.25) is 0 Å². The lowest BCUT2D eigenvalue weighted by atomic mass is 10.2.